The molecule has 0 spiro atoms. The maximum Gasteiger partial charge on any atom is 0.295 e. The largest absolute Gasteiger partial charge is 0.507 e. The number of aliphatic hydroxyl groups is 1. The van der Waals surface area contributed by atoms with Crippen molar-refractivity contribution in [3.63, 3.8) is 0 Å². The van der Waals surface area contributed by atoms with Crippen molar-refractivity contribution >= 4 is 29.1 Å². The van der Waals surface area contributed by atoms with E-state index in [0.29, 0.717) is 43.4 Å². The zero-order chi connectivity index (χ0) is 26.2. The minimum atomic E-state index is -0.686. The van der Waals surface area contributed by atoms with Gasteiger partial charge in [-0.15, -0.1) is 0 Å². The number of Topliss-reactive ketones (excluding diaryl/α,β-unsaturated/α-hetero) is 1. The average Bonchev–Trinajstić information content (AvgIpc) is 3.17. The van der Waals surface area contributed by atoms with Crippen LogP contribution in [0.4, 0.5) is 0 Å². The van der Waals surface area contributed by atoms with Gasteiger partial charge >= 0.3 is 0 Å². The molecule has 1 atom stereocenters. The number of likely N-dealkylation sites (tertiary alicyclic amines) is 1. The number of rotatable bonds is 11. The Morgan fingerprint density at radius 2 is 1.70 bits per heavy atom. The van der Waals surface area contributed by atoms with E-state index in [4.69, 9.17) is 21.1 Å². The molecule has 0 aromatic heterocycles. The van der Waals surface area contributed by atoms with Crippen molar-refractivity contribution in [2.75, 3.05) is 46.0 Å². The van der Waals surface area contributed by atoms with E-state index >= 15 is 0 Å². The van der Waals surface area contributed by atoms with Crippen LogP contribution in [0.5, 0.6) is 5.75 Å². The van der Waals surface area contributed by atoms with Crippen LogP contribution in [0.15, 0.2) is 54.1 Å². The van der Waals surface area contributed by atoms with E-state index in [2.05, 4.69) is 11.8 Å². The fourth-order valence-corrected chi connectivity index (χ4v) is 4.92. The van der Waals surface area contributed by atoms with Crippen LogP contribution in [0, 0.1) is 0 Å². The Balaban J connectivity index is 1.60. The number of unbranched alkanes of at least 4 members (excludes halogenated alkanes) is 2. The molecule has 1 amide bonds. The van der Waals surface area contributed by atoms with Crippen LogP contribution in [-0.2, 0) is 14.3 Å². The van der Waals surface area contributed by atoms with E-state index in [0.717, 1.165) is 50.2 Å². The van der Waals surface area contributed by atoms with Gasteiger partial charge in [-0.25, -0.2) is 0 Å². The summed E-state index contributed by atoms with van der Waals surface area (Å²) in [5.74, 6) is -0.733. The highest BCUT2D eigenvalue weighted by Crippen LogP contribution is 2.40. The first-order chi connectivity index (χ1) is 18.0. The molecular formula is C29H35ClN2O5. The molecule has 2 saturated heterocycles. The molecule has 2 fully saturated rings. The minimum absolute atomic E-state index is 0.0929. The normalized spacial score (nSPS) is 19.9. The Morgan fingerprint density at radius 3 is 2.38 bits per heavy atom. The van der Waals surface area contributed by atoms with Crippen LogP contribution in [0.1, 0.15) is 49.8 Å². The van der Waals surface area contributed by atoms with E-state index in [9.17, 15) is 14.7 Å². The third-order valence-corrected chi connectivity index (χ3v) is 7.10. The number of ether oxygens (including phenoxy) is 2. The van der Waals surface area contributed by atoms with E-state index in [1.165, 1.54) is 0 Å². The lowest BCUT2D eigenvalue weighted by Crippen LogP contribution is -2.38. The van der Waals surface area contributed by atoms with Gasteiger partial charge in [-0.2, -0.15) is 0 Å². The number of carbonyl (C=O) groups is 2. The van der Waals surface area contributed by atoms with Gasteiger partial charge in [-0.05, 0) is 54.8 Å². The summed E-state index contributed by atoms with van der Waals surface area (Å²) >= 11 is 6.01. The Kier molecular flexibility index (Phi) is 9.61. The van der Waals surface area contributed by atoms with Crippen molar-refractivity contribution in [1.82, 2.24) is 9.80 Å². The highest BCUT2D eigenvalue weighted by atomic mass is 35.5. The molecule has 0 aliphatic carbocycles. The van der Waals surface area contributed by atoms with Crippen LogP contribution in [0.2, 0.25) is 5.02 Å². The molecule has 1 N–H and O–H groups in total. The summed E-state index contributed by atoms with van der Waals surface area (Å²) in [5, 5.41) is 11.7. The molecule has 0 saturated carbocycles. The monoisotopic (exact) mass is 526 g/mol. The second-order valence-electron chi connectivity index (χ2n) is 9.43. The maximum absolute atomic E-state index is 13.2. The number of carbonyl (C=O) groups excluding carboxylic acids is 2. The molecule has 0 radical (unpaired) electrons. The van der Waals surface area contributed by atoms with Crippen molar-refractivity contribution in [2.45, 2.75) is 38.6 Å². The van der Waals surface area contributed by atoms with Crippen molar-refractivity contribution in [2.24, 2.45) is 0 Å². The lowest BCUT2D eigenvalue weighted by atomic mass is 9.95. The first kappa shape index (κ1) is 27.2. The first-order valence-corrected chi connectivity index (χ1v) is 13.4. The molecule has 2 aromatic carbocycles. The lowest BCUT2D eigenvalue weighted by molar-refractivity contribution is -0.140. The molecule has 0 bridgehead atoms. The third-order valence-electron chi connectivity index (χ3n) is 6.85. The van der Waals surface area contributed by atoms with E-state index < -0.39 is 17.7 Å². The molecule has 2 heterocycles. The molecule has 7 nitrogen and oxygen atoms in total. The molecule has 37 heavy (non-hydrogen) atoms. The van der Waals surface area contributed by atoms with Gasteiger partial charge in [0.25, 0.3) is 11.7 Å². The van der Waals surface area contributed by atoms with Crippen molar-refractivity contribution < 1.29 is 24.2 Å². The molecule has 8 heteroatoms. The highest BCUT2D eigenvalue weighted by Gasteiger charge is 2.45. The second-order valence-corrected chi connectivity index (χ2v) is 9.87. The van der Waals surface area contributed by atoms with Crippen molar-refractivity contribution in [3.8, 4) is 5.75 Å². The Bertz CT molecular complexity index is 1090. The summed E-state index contributed by atoms with van der Waals surface area (Å²) < 4.78 is 11.3. The van der Waals surface area contributed by atoms with Crippen molar-refractivity contribution in [1.29, 1.82) is 0 Å². The Morgan fingerprint density at radius 1 is 1.00 bits per heavy atom. The van der Waals surface area contributed by atoms with Crippen LogP contribution in [0.25, 0.3) is 5.76 Å². The zero-order valence-electron chi connectivity index (χ0n) is 21.3. The standard InChI is InChI=1S/C29H35ClN2O5/c1-2-3-4-18-37-24-12-8-21(9-13-24)26-25(27(33)22-6-10-23(30)11-7-22)28(34)29(35)32(26)15-5-14-31-16-19-36-20-17-31/h6-13,26,33H,2-5,14-20H2,1H3/b27-25+. The smallest absolute Gasteiger partial charge is 0.295 e. The zero-order valence-corrected chi connectivity index (χ0v) is 22.1. The van der Waals surface area contributed by atoms with Gasteiger partial charge in [-0.3, -0.25) is 14.5 Å². The minimum Gasteiger partial charge on any atom is -0.507 e. The third kappa shape index (κ3) is 6.72. The molecular weight excluding hydrogens is 492 g/mol. The number of halogens is 1. The SMILES string of the molecule is CCCCCOc1ccc(C2/C(=C(\O)c3ccc(Cl)cc3)C(=O)C(=O)N2CCCN2CCOCC2)cc1. The summed E-state index contributed by atoms with van der Waals surface area (Å²) in [6.07, 6.45) is 3.94. The number of ketones is 1. The van der Waals surface area contributed by atoms with Gasteiger partial charge in [0.05, 0.1) is 31.4 Å². The fraction of sp³-hybridized carbons (Fsp3) is 0.448. The number of aliphatic hydroxyl groups excluding tert-OH is 1. The lowest BCUT2D eigenvalue weighted by Gasteiger charge is -2.29. The summed E-state index contributed by atoms with van der Waals surface area (Å²) in [7, 11) is 0. The van der Waals surface area contributed by atoms with Crippen LogP contribution >= 0.6 is 11.6 Å². The predicted molar refractivity (Wildman–Crippen MR) is 144 cm³/mol. The molecule has 2 aliphatic heterocycles. The first-order valence-electron chi connectivity index (χ1n) is 13.1. The summed E-state index contributed by atoms with van der Waals surface area (Å²) in [5.41, 5.74) is 1.29. The number of hydrogen-bond donors (Lipinski definition) is 1. The molecule has 1 unspecified atom stereocenters. The van der Waals surface area contributed by atoms with Gasteiger partial charge in [0, 0.05) is 36.8 Å². The summed E-state index contributed by atoms with van der Waals surface area (Å²) in [6, 6.07) is 13.4. The van der Waals surface area contributed by atoms with Crippen molar-refractivity contribution in [3.05, 3.63) is 70.3 Å². The number of nitrogens with zero attached hydrogens (tertiary/aromatic N) is 2. The number of benzene rings is 2. The highest BCUT2D eigenvalue weighted by molar-refractivity contribution is 6.46. The second kappa shape index (κ2) is 13.1. The summed E-state index contributed by atoms with van der Waals surface area (Å²) in [4.78, 5) is 30.3. The molecule has 2 aromatic rings. The molecule has 198 valence electrons. The predicted octanol–water partition coefficient (Wildman–Crippen LogP) is 5.05. The topological polar surface area (TPSA) is 79.3 Å². The van der Waals surface area contributed by atoms with E-state index in [1.807, 2.05) is 24.3 Å². The average molecular weight is 527 g/mol. The van der Waals surface area contributed by atoms with Crippen LogP contribution < -0.4 is 4.74 Å². The molecule has 4 rings (SSSR count). The van der Waals surface area contributed by atoms with Gasteiger partial charge in [0.15, 0.2) is 0 Å². The van der Waals surface area contributed by atoms with Gasteiger partial charge in [0.1, 0.15) is 11.5 Å². The van der Waals surface area contributed by atoms with Crippen LogP contribution in [0.3, 0.4) is 0 Å². The van der Waals surface area contributed by atoms with Crippen LogP contribution in [-0.4, -0.2) is 72.6 Å². The fourth-order valence-electron chi connectivity index (χ4n) is 4.80. The van der Waals surface area contributed by atoms with E-state index in [-0.39, 0.29) is 11.3 Å². The number of amides is 1. The van der Waals surface area contributed by atoms with Gasteiger partial charge < -0.3 is 19.5 Å². The van der Waals surface area contributed by atoms with E-state index in [1.54, 1.807) is 29.2 Å². The quantitative estimate of drug-likeness (QED) is 0.191. The van der Waals surface area contributed by atoms with Gasteiger partial charge in [0.2, 0.25) is 0 Å². The van der Waals surface area contributed by atoms with Gasteiger partial charge in [-0.1, -0.05) is 43.5 Å². The Hall–Kier alpha value is -2.87. The number of hydrogen-bond acceptors (Lipinski definition) is 6. The maximum atomic E-state index is 13.2. The molecule has 2 aliphatic rings. The summed E-state index contributed by atoms with van der Waals surface area (Å²) in [6.45, 7) is 7.13. The number of morpholine rings is 1. The Labute approximate surface area is 223 Å².